The largest absolute Gasteiger partial charge is 0.419 e. The van der Waals surface area contributed by atoms with Gasteiger partial charge in [-0.2, -0.15) is 13.2 Å². The quantitative estimate of drug-likeness (QED) is 0.522. The molecule has 0 fully saturated rings. The van der Waals surface area contributed by atoms with Crippen LogP contribution in [0.5, 0.6) is 0 Å². The molecule has 22 heavy (non-hydrogen) atoms. The van der Waals surface area contributed by atoms with Crippen LogP contribution < -0.4 is 0 Å². The third kappa shape index (κ3) is 2.57. The lowest BCUT2D eigenvalue weighted by atomic mass is 10.1. The van der Waals surface area contributed by atoms with Crippen LogP contribution in [0, 0.1) is 0 Å². The predicted molar refractivity (Wildman–Crippen MR) is 82.0 cm³/mol. The number of fused-ring (bicyclic) bond motifs is 1. The first-order valence-corrected chi connectivity index (χ1v) is 7.39. The van der Waals surface area contributed by atoms with Crippen LogP contribution in [0.3, 0.4) is 0 Å². The molecule has 3 aromatic rings. The molecule has 0 bridgehead atoms. The van der Waals surface area contributed by atoms with Gasteiger partial charge in [0.1, 0.15) is 5.56 Å². The molecule has 3 nitrogen and oxygen atoms in total. The Hall–Kier alpha value is -1.31. The second-order valence-corrected chi connectivity index (χ2v) is 5.96. The fourth-order valence-electron chi connectivity index (χ4n) is 2.11. The minimum absolute atomic E-state index is 0.251. The van der Waals surface area contributed by atoms with E-state index in [2.05, 4.69) is 30.9 Å². The van der Waals surface area contributed by atoms with Crippen molar-refractivity contribution in [3.8, 4) is 11.3 Å². The Morgan fingerprint density at radius 1 is 1.18 bits per heavy atom. The molecule has 0 amide bonds. The lowest BCUT2D eigenvalue weighted by molar-refractivity contribution is -0.137. The standard InChI is InChI=1S/C13H5BrCl2F3N3/c14-8-2-1-5-6(3-20-11(5)9(8)15)10-7(13(17,18)19)4-21-12(16)22-10/h1-4,20H. The highest BCUT2D eigenvalue weighted by molar-refractivity contribution is 9.10. The van der Waals surface area contributed by atoms with Gasteiger partial charge in [0, 0.05) is 27.8 Å². The van der Waals surface area contributed by atoms with Crippen LogP contribution in [0.25, 0.3) is 22.2 Å². The van der Waals surface area contributed by atoms with Crippen LogP contribution in [0.4, 0.5) is 13.2 Å². The highest BCUT2D eigenvalue weighted by Crippen LogP contribution is 2.40. The molecule has 0 atom stereocenters. The molecule has 114 valence electrons. The molecule has 0 aliphatic carbocycles. The summed E-state index contributed by atoms with van der Waals surface area (Å²) in [6, 6.07) is 3.30. The molecule has 1 aromatic carbocycles. The number of nitrogens with zero attached hydrogens (tertiary/aromatic N) is 2. The van der Waals surface area contributed by atoms with E-state index in [0.717, 1.165) is 0 Å². The number of H-pyrrole nitrogens is 1. The second-order valence-electron chi connectivity index (χ2n) is 4.39. The van der Waals surface area contributed by atoms with Crippen molar-refractivity contribution in [2.45, 2.75) is 6.18 Å². The number of alkyl halides is 3. The summed E-state index contributed by atoms with van der Waals surface area (Å²) in [4.78, 5) is 10.0. The fourth-order valence-corrected chi connectivity index (χ4v) is 2.79. The molecule has 0 aliphatic rings. The van der Waals surface area contributed by atoms with Gasteiger partial charge in [-0.1, -0.05) is 17.7 Å². The number of benzene rings is 1. The molecule has 0 unspecified atom stereocenters. The first kappa shape index (κ1) is 15.6. The number of aromatic nitrogens is 3. The number of halogens is 6. The lowest BCUT2D eigenvalue weighted by Crippen LogP contribution is -2.09. The number of nitrogens with one attached hydrogen (secondary N) is 1. The highest BCUT2D eigenvalue weighted by Gasteiger charge is 2.36. The Morgan fingerprint density at radius 2 is 1.91 bits per heavy atom. The van der Waals surface area contributed by atoms with Gasteiger partial charge in [0.2, 0.25) is 5.28 Å². The fraction of sp³-hybridized carbons (Fsp3) is 0.0769. The first-order chi connectivity index (χ1) is 10.3. The van der Waals surface area contributed by atoms with Crippen molar-refractivity contribution in [3.63, 3.8) is 0 Å². The molecular weight excluding hydrogens is 406 g/mol. The Kier molecular flexibility index (Phi) is 3.82. The summed E-state index contributed by atoms with van der Waals surface area (Å²) in [5.74, 6) is 0. The highest BCUT2D eigenvalue weighted by atomic mass is 79.9. The molecule has 0 saturated carbocycles. The molecule has 0 radical (unpaired) electrons. The smallest absolute Gasteiger partial charge is 0.359 e. The van der Waals surface area contributed by atoms with Crippen molar-refractivity contribution in [2.24, 2.45) is 0 Å². The van der Waals surface area contributed by atoms with Gasteiger partial charge in [-0.25, -0.2) is 9.97 Å². The number of hydrogen-bond donors (Lipinski definition) is 1. The summed E-state index contributed by atoms with van der Waals surface area (Å²) in [6.07, 6.45) is -2.51. The predicted octanol–water partition coefficient (Wildman–Crippen LogP) is 5.71. The van der Waals surface area contributed by atoms with E-state index >= 15 is 0 Å². The molecule has 0 aliphatic heterocycles. The van der Waals surface area contributed by atoms with Gasteiger partial charge in [0.25, 0.3) is 0 Å². The van der Waals surface area contributed by atoms with Crippen molar-refractivity contribution < 1.29 is 13.2 Å². The molecule has 2 heterocycles. The third-order valence-corrected chi connectivity index (χ3v) is 4.53. The number of rotatable bonds is 1. The molecule has 0 saturated heterocycles. The number of aromatic amines is 1. The van der Waals surface area contributed by atoms with Crippen LogP contribution in [-0.4, -0.2) is 15.0 Å². The monoisotopic (exact) mass is 409 g/mol. The Bertz CT molecular complexity index is 877. The van der Waals surface area contributed by atoms with E-state index in [1.807, 2.05) is 0 Å². The van der Waals surface area contributed by atoms with Crippen molar-refractivity contribution in [1.29, 1.82) is 0 Å². The SMILES string of the molecule is FC(F)(F)c1cnc(Cl)nc1-c1c[nH]c2c(Cl)c(Br)ccc12. The van der Waals surface area contributed by atoms with Crippen molar-refractivity contribution in [1.82, 2.24) is 15.0 Å². The zero-order valence-electron chi connectivity index (χ0n) is 10.5. The van der Waals surface area contributed by atoms with E-state index in [0.29, 0.717) is 26.6 Å². The molecular formula is C13H5BrCl2F3N3. The zero-order chi connectivity index (χ0) is 16.1. The van der Waals surface area contributed by atoms with Gasteiger partial charge in [-0.3, -0.25) is 0 Å². The summed E-state index contributed by atoms with van der Waals surface area (Å²) in [5, 5.41) is 0.617. The van der Waals surface area contributed by atoms with E-state index in [1.54, 1.807) is 12.1 Å². The summed E-state index contributed by atoms with van der Waals surface area (Å²) in [5.41, 5.74) is -0.496. The van der Waals surface area contributed by atoms with E-state index in [4.69, 9.17) is 23.2 Å². The van der Waals surface area contributed by atoms with Crippen molar-refractivity contribution in [2.75, 3.05) is 0 Å². The van der Waals surface area contributed by atoms with E-state index in [9.17, 15) is 13.2 Å². The molecule has 3 rings (SSSR count). The average Bonchev–Trinajstić information content (AvgIpc) is 2.86. The van der Waals surface area contributed by atoms with Crippen LogP contribution >= 0.6 is 39.1 Å². The first-order valence-electron chi connectivity index (χ1n) is 5.84. The van der Waals surface area contributed by atoms with Gasteiger partial charge >= 0.3 is 6.18 Å². The molecule has 2 aromatic heterocycles. The normalized spacial score (nSPS) is 12.1. The minimum atomic E-state index is -4.59. The van der Waals surface area contributed by atoms with Gasteiger partial charge in [0.05, 0.1) is 16.2 Å². The molecule has 1 N–H and O–H groups in total. The van der Waals surface area contributed by atoms with Crippen LogP contribution in [0.15, 0.2) is 29.0 Å². The van der Waals surface area contributed by atoms with Gasteiger partial charge in [0.15, 0.2) is 0 Å². The Labute approximate surface area is 140 Å². The van der Waals surface area contributed by atoms with E-state index in [-0.39, 0.29) is 16.5 Å². The summed E-state index contributed by atoms with van der Waals surface area (Å²) in [7, 11) is 0. The Morgan fingerprint density at radius 3 is 2.59 bits per heavy atom. The van der Waals surface area contributed by atoms with E-state index in [1.165, 1.54) is 6.20 Å². The summed E-state index contributed by atoms with van der Waals surface area (Å²) in [6.45, 7) is 0. The maximum Gasteiger partial charge on any atom is 0.419 e. The lowest BCUT2D eigenvalue weighted by Gasteiger charge is -2.11. The van der Waals surface area contributed by atoms with Crippen LogP contribution in [0.1, 0.15) is 5.56 Å². The second kappa shape index (κ2) is 5.40. The molecule has 0 spiro atoms. The Balaban J connectivity index is 2.33. The van der Waals surface area contributed by atoms with Gasteiger partial charge < -0.3 is 4.98 Å². The third-order valence-electron chi connectivity index (χ3n) is 3.07. The topological polar surface area (TPSA) is 41.6 Å². The summed E-state index contributed by atoms with van der Waals surface area (Å²) < 4.78 is 40.1. The number of hydrogen-bond acceptors (Lipinski definition) is 2. The maximum absolute atomic E-state index is 13.1. The zero-order valence-corrected chi connectivity index (χ0v) is 13.6. The van der Waals surface area contributed by atoms with E-state index < -0.39 is 11.7 Å². The minimum Gasteiger partial charge on any atom is -0.359 e. The maximum atomic E-state index is 13.1. The van der Waals surface area contributed by atoms with Crippen molar-refractivity contribution >= 4 is 50.0 Å². The van der Waals surface area contributed by atoms with Gasteiger partial charge in [-0.15, -0.1) is 0 Å². The molecule has 9 heteroatoms. The van der Waals surface area contributed by atoms with Crippen LogP contribution in [-0.2, 0) is 6.18 Å². The van der Waals surface area contributed by atoms with Crippen molar-refractivity contribution in [3.05, 3.63) is 44.9 Å². The average molecular weight is 411 g/mol. The van der Waals surface area contributed by atoms with Crippen LogP contribution in [0.2, 0.25) is 10.3 Å². The summed E-state index contributed by atoms with van der Waals surface area (Å²) >= 11 is 15.0. The van der Waals surface area contributed by atoms with Gasteiger partial charge in [-0.05, 0) is 33.6 Å².